The number of aryl methyl sites for hydroxylation is 1. The fourth-order valence-electron chi connectivity index (χ4n) is 2.23. The Morgan fingerprint density at radius 1 is 1.32 bits per heavy atom. The first-order valence-electron chi connectivity index (χ1n) is 6.73. The maximum Gasteiger partial charge on any atom is 0.191 e. The predicted octanol–water partition coefficient (Wildman–Crippen LogP) is 1.61. The first-order valence-corrected chi connectivity index (χ1v) is 6.73. The van der Waals surface area contributed by atoms with Crippen LogP contribution in [0.1, 0.15) is 38.4 Å². The Hall–Kier alpha value is -0.860. The lowest BCUT2D eigenvalue weighted by Crippen LogP contribution is -2.38. The minimum atomic E-state index is 0. The Bertz CT molecular complexity index is 395. The molecule has 0 atom stereocenters. The van der Waals surface area contributed by atoms with E-state index in [1.54, 1.807) is 6.33 Å². The number of likely N-dealkylation sites (tertiary alicyclic amines) is 1. The summed E-state index contributed by atoms with van der Waals surface area (Å²) in [5, 5.41) is 4.12. The number of aromatic nitrogens is 3. The average Bonchev–Trinajstić information content (AvgIpc) is 2.67. The van der Waals surface area contributed by atoms with E-state index in [0.717, 1.165) is 25.5 Å². The number of nitrogens with zero attached hydrogens (tertiary/aromatic N) is 5. The van der Waals surface area contributed by atoms with Gasteiger partial charge in [-0.05, 0) is 19.8 Å². The number of aliphatic imine (C=N–C) groups is 1. The summed E-state index contributed by atoms with van der Waals surface area (Å²) in [6, 6.07) is 0. The predicted molar refractivity (Wildman–Crippen MR) is 86.5 cm³/mol. The van der Waals surface area contributed by atoms with Gasteiger partial charge in [-0.2, -0.15) is 5.10 Å². The second kappa shape index (κ2) is 8.34. The van der Waals surface area contributed by atoms with Crippen molar-refractivity contribution in [2.75, 3.05) is 13.1 Å². The molecule has 0 amide bonds. The molecule has 0 spiro atoms. The third kappa shape index (κ3) is 4.63. The van der Waals surface area contributed by atoms with E-state index in [0.29, 0.717) is 12.5 Å². The lowest BCUT2D eigenvalue weighted by molar-refractivity contribution is 0.428. The standard InChI is InChI=1S/C12H22N6.HI/c1-2-18-11(15-10-16-18)9-14-12(13)17-7-5-3-4-6-8-17;/h10H,2-9H2,1H3,(H2,13,14);1H. The first kappa shape index (κ1) is 16.2. The molecule has 108 valence electrons. The fraction of sp³-hybridized carbons (Fsp3) is 0.750. The Balaban J connectivity index is 0.00000180. The topological polar surface area (TPSA) is 72.3 Å². The minimum absolute atomic E-state index is 0. The molecule has 6 nitrogen and oxygen atoms in total. The van der Waals surface area contributed by atoms with Crippen LogP contribution in [0, 0.1) is 0 Å². The van der Waals surface area contributed by atoms with Crippen molar-refractivity contribution >= 4 is 29.9 Å². The fourth-order valence-corrected chi connectivity index (χ4v) is 2.23. The quantitative estimate of drug-likeness (QED) is 0.493. The zero-order valence-corrected chi connectivity index (χ0v) is 13.8. The molecular weight excluding hydrogens is 355 g/mol. The van der Waals surface area contributed by atoms with Gasteiger partial charge in [0.25, 0.3) is 0 Å². The van der Waals surface area contributed by atoms with Crippen LogP contribution in [0.25, 0.3) is 0 Å². The van der Waals surface area contributed by atoms with Crippen LogP contribution in [0.3, 0.4) is 0 Å². The van der Waals surface area contributed by atoms with Gasteiger partial charge < -0.3 is 10.6 Å². The van der Waals surface area contributed by atoms with Crippen LogP contribution in [0.4, 0.5) is 0 Å². The summed E-state index contributed by atoms with van der Waals surface area (Å²) >= 11 is 0. The third-order valence-corrected chi connectivity index (χ3v) is 3.31. The van der Waals surface area contributed by atoms with Gasteiger partial charge in [-0.15, -0.1) is 24.0 Å². The second-order valence-corrected chi connectivity index (χ2v) is 4.57. The maximum atomic E-state index is 6.04. The molecule has 1 aromatic rings. The van der Waals surface area contributed by atoms with Gasteiger partial charge in [0, 0.05) is 19.6 Å². The monoisotopic (exact) mass is 378 g/mol. The average molecular weight is 378 g/mol. The summed E-state index contributed by atoms with van der Waals surface area (Å²) in [5.41, 5.74) is 6.04. The lowest BCUT2D eigenvalue weighted by Gasteiger charge is -2.20. The number of rotatable bonds is 3. The van der Waals surface area contributed by atoms with E-state index in [-0.39, 0.29) is 24.0 Å². The van der Waals surface area contributed by atoms with Gasteiger partial charge in [0.1, 0.15) is 18.7 Å². The van der Waals surface area contributed by atoms with Crippen LogP contribution in [0.5, 0.6) is 0 Å². The molecule has 19 heavy (non-hydrogen) atoms. The highest BCUT2D eigenvalue weighted by Gasteiger charge is 2.11. The molecule has 1 fully saturated rings. The second-order valence-electron chi connectivity index (χ2n) is 4.57. The summed E-state index contributed by atoms with van der Waals surface area (Å²) in [4.78, 5) is 10.8. The smallest absolute Gasteiger partial charge is 0.191 e. The molecule has 1 aromatic heterocycles. The number of hydrogen-bond acceptors (Lipinski definition) is 3. The zero-order valence-electron chi connectivity index (χ0n) is 11.5. The van der Waals surface area contributed by atoms with Crippen molar-refractivity contribution in [3.05, 3.63) is 12.2 Å². The first-order chi connectivity index (χ1) is 8.81. The minimum Gasteiger partial charge on any atom is -0.370 e. The molecular formula is C12H23IN6. The molecule has 0 bridgehead atoms. The molecule has 0 radical (unpaired) electrons. The number of halogens is 1. The number of nitrogens with two attached hydrogens (primary N) is 1. The molecule has 0 saturated carbocycles. The zero-order chi connectivity index (χ0) is 12.8. The van der Waals surface area contributed by atoms with Crippen LogP contribution in [-0.4, -0.2) is 38.7 Å². The summed E-state index contributed by atoms with van der Waals surface area (Å²) in [6.07, 6.45) is 6.58. The highest BCUT2D eigenvalue weighted by atomic mass is 127. The Labute approximate surface area is 131 Å². The maximum absolute atomic E-state index is 6.04. The molecule has 1 saturated heterocycles. The molecule has 2 rings (SSSR count). The van der Waals surface area contributed by atoms with Crippen LogP contribution < -0.4 is 5.73 Å². The van der Waals surface area contributed by atoms with Crippen molar-refractivity contribution in [1.29, 1.82) is 0 Å². The van der Waals surface area contributed by atoms with Crippen molar-refractivity contribution in [2.24, 2.45) is 10.7 Å². The van der Waals surface area contributed by atoms with Crippen LogP contribution in [-0.2, 0) is 13.1 Å². The summed E-state index contributed by atoms with van der Waals surface area (Å²) < 4.78 is 1.85. The van der Waals surface area contributed by atoms with E-state index in [2.05, 4.69) is 20.0 Å². The number of hydrogen-bond donors (Lipinski definition) is 1. The largest absolute Gasteiger partial charge is 0.370 e. The van der Waals surface area contributed by atoms with Crippen molar-refractivity contribution < 1.29 is 0 Å². The van der Waals surface area contributed by atoms with Gasteiger partial charge in [0.2, 0.25) is 0 Å². The van der Waals surface area contributed by atoms with Crippen LogP contribution in [0.15, 0.2) is 11.3 Å². The lowest BCUT2D eigenvalue weighted by atomic mass is 10.2. The third-order valence-electron chi connectivity index (χ3n) is 3.31. The van der Waals surface area contributed by atoms with Crippen molar-refractivity contribution in [2.45, 2.75) is 45.7 Å². The summed E-state index contributed by atoms with van der Waals surface area (Å²) in [7, 11) is 0. The van der Waals surface area contributed by atoms with Gasteiger partial charge in [-0.1, -0.05) is 12.8 Å². The molecule has 0 unspecified atom stereocenters. The number of guanidine groups is 1. The van der Waals surface area contributed by atoms with Crippen LogP contribution >= 0.6 is 24.0 Å². The highest BCUT2D eigenvalue weighted by molar-refractivity contribution is 14.0. The highest BCUT2D eigenvalue weighted by Crippen LogP contribution is 2.09. The van der Waals surface area contributed by atoms with Crippen molar-refractivity contribution in [3.8, 4) is 0 Å². The van der Waals surface area contributed by atoms with Gasteiger partial charge >= 0.3 is 0 Å². The molecule has 2 heterocycles. The SMILES string of the molecule is CCn1ncnc1CN=C(N)N1CCCCCC1.I. The van der Waals surface area contributed by atoms with Crippen LogP contribution in [0.2, 0.25) is 0 Å². The van der Waals surface area contributed by atoms with Gasteiger partial charge in [-0.25, -0.2) is 14.7 Å². The molecule has 0 aliphatic carbocycles. The molecule has 1 aliphatic rings. The summed E-state index contributed by atoms with van der Waals surface area (Å²) in [5.74, 6) is 1.51. The Kier molecular flexibility index (Phi) is 7.11. The molecule has 7 heteroatoms. The van der Waals surface area contributed by atoms with Crippen molar-refractivity contribution in [1.82, 2.24) is 19.7 Å². The van der Waals surface area contributed by atoms with Gasteiger partial charge in [-0.3, -0.25) is 0 Å². The van der Waals surface area contributed by atoms with E-state index in [4.69, 9.17) is 5.73 Å². The summed E-state index contributed by atoms with van der Waals surface area (Å²) in [6.45, 7) is 5.41. The Morgan fingerprint density at radius 3 is 2.63 bits per heavy atom. The van der Waals surface area contributed by atoms with E-state index < -0.39 is 0 Å². The van der Waals surface area contributed by atoms with Gasteiger partial charge in [0.15, 0.2) is 5.96 Å². The van der Waals surface area contributed by atoms with E-state index in [1.807, 2.05) is 11.6 Å². The molecule has 1 aliphatic heterocycles. The van der Waals surface area contributed by atoms with E-state index in [9.17, 15) is 0 Å². The molecule has 2 N–H and O–H groups in total. The van der Waals surface area contributed by atoms with Crippen molar-refractivity contribution in [3.63, 3.8) is 0 Å². The van der Waals surface area contributed by atoms with E-state index in [1.165, 1.54) is 25.7 Å². The van der Waals surface area contributed by atoms with Gasteiger partial charge in [0.05, 0.1) is 0 Å². The van der Waals surface area contributed by atoms with E-state index >= 15 is 0 Å². The molecule has 0 aromatic carbocycles. The Morgan fingerprint density at radius 2 is 2.00 bits per heavy atom. The normalized spacial score (nSPS) is 16.9.